The van der Waals surface area contributed by atoms with Gasteiger partial charge in [0.25, 0.3) is 0 Å². The Morgan fingerprint density at radius 3 is 2.57 bits per heavy atom. The van der Waals surface area contributed by atoms with Gasteiger partial charge in [-0.15, -0.1) is 0 Å². The van der Waals surface area contributed by atoms with Crippen molar-refractivity contribution >= 4 is 5.91 Å². The van der Waals surface area contributed by atoms with Crippen LogP contribution < -0.4 is 0 Å². The maximum Gasteiger partial charge on any atom is 0.227 e. The van der Waals surface area contributed by atoms with Gasteiger partial charge in [0.05, 0.1) is 6.42 Å². The number of aromatic hydroxyl groups is 1. The molecule has 0 aromatic heterocycles. The van der Waals surface area contributed by atoms with Gasteiger partial charge in [0.1, 0.15) is 5.75 Å². The van der Waals surface area contributed by atoms with E-state index in [0.717, 1.165) is 38.0 Å². The average molecular weight is 379 g/mol. The number of hydrogen-bond donors (Lipinski definition) is 1. The molecule has 1 unspecified atom stereocenters. The van der Waals surface area contributed by atoms with E-state index in [2.05, 4.69) is 41.0 Å². The van der Waals surface area contributed by atoms with Crippen molar-refractivity contribution in [3.63, 3.8) is 0 Å². The molecule has 1 spiro atoms. The van der Waals surface area contributed by atoms with E-state index in [4.69, 9.17) is 0 Å². The summed E-state index contributed by atoms with van der Waals surface area (Å²) in [4.78, 5) is 18.0. The largest absolute Gasteiger partial charge is 0.508 e. The second-order valence-corrected chi connectivity index (χ2v) is 8.30. The average Bonchev–Trinajstić information content (AvgIpc) is 2.87. The number of likely N-dealkylation sites (tertiary alicyclic amines) is 1. The van der Waals surface area contributed by atoms with Gasteiger partial charge >= 0.3 is 0 Å². The molecular formula is C24H30N2O2. The summed E-state index contributed by atoms with van der Waals surface area (Å²) in [6, 6.07) is 15.6. The number of carbonyl (C=O) groups excluding carboxylic acids is 1. The third kappa shape index (κ3) is 3.79. The van der Waals surface area contributed by atoms with E-state index in [9.17, 15) is 9.90 Å². The number of phenolic OH excluding ortho intramolecular Hbond substituents is 1. The van der Waals surface area contributed by atoms with Crippen LogP contribution in [0, 0.1) is 0 Å². The summed E-state index contributed by atoms with van der Waals surface area (Å²) in [6.07, 6.45) is 5.04. The normalized spacial score (nSPS) is 22.7. The first-order chi connectivity index (χ1) is 13.6. The van der Waals surface area contributed by atoms with Gasteiger partial charge in [0, 0.05) is 18.6 Å². The molecule has 1 amide bonds. The zero-order valence-electron chi connectivity index (χ0n) is 16.7. The molecule has 2 aliphatic heterocycles. The van der Waals surface area contributed by atoms with E-state index in [1.807, 2.05) is 12.1 Å². The quantitative estimate of drug-likeness (QED) is 0.884. The van der Waals surface area contributed by atoms with Gasteiger partial charge in [0.2, 0.25) is 5.91 Å². The number of carbonyl (C=O) groups is 1. The lowest BCUT2D eigenvalue weighted by Crippen LogP contribution is -2.59. The maximum absolute atomic E-state index is 13.3. The molecule has 2 aromatic carbocycles. The van der Waals surface area contributed by atoms with Crippen molar-refractivity contribution in [3.8, 4) is 5.75 Å². The van der Waals surface area contributed by atoms with Crippen molar-refractivity contribution in [1.29, 1.82) is 0 Å². The van der Waals surface area contributed by atoms with Crippen LogP contribution in [0.3, 0.4) is 0 Å². The predicted molar refractivity (Wildman–Crippen MR) is 111 cm³/mol. The predicted octanol–water partition coefficient (Wildman–Crippen LogP) is 3.76. The highest BCUT2D eigenvalue weighted by atomic mass is 16.3. The number of phenols is 1. The summed E-state index contributed by atoms with van der Waals surface area (Å²) in [5, 5.41) is 9.51. The minimum atomic E-state index is 0.0459. The number of hydrogen-bond acceptors (Lipinski definition) is 3. The molecule has 4 heteroatoms. The Hall–Kier alpha value is -2.33. The van der Waals surface area contributed by atoms with Crippen LogP contribution in [-0.2, 0) is 24.2 Å². The number of rotatable bonds is 3. The number of benzene rings is 2. The summed E-state index contributed by atoms with van der Waals surface area (Å²) >= 11 is 0. The molecule has 2 aliphatic rings. The topological polar surface area (TPSA) is 43.8 Å². The number of amides is 1. The molecule has 2 aromatic rings. The van der Waals surface area contributed by atoms with E-state index < -0.39 is 0 Å². The van der Waals surface area contributed by atoms with Gasteiger partial charge in [-0.25, -0.2) is 0 Å². The molecule has 0 saturated carbocycles. The third-order valence-corrected chi connectivity index (χ3v) is 6.50. The van der Waals surface area contributed by atoms with E-state index >= 15 is 0 Å². The molecule has 0 radical (unpaired) electrons. The second-order valence-electron chi connectivity index (χ2n) is 8.30. The van der Waals surface area contributed by atoms with Crippen LogP contribution in [0.25, 0.3) is 0 Å². The third-order valence-electron chi connectivity index (χ3n) is 6.50. The molecule has 0 bridgehead atoms. The van der Waals surface area contributed by atoms with Crippen molar-refractivity contribution in [1.82, 2.24) is 9.80 Å². The van der Waals surface area contributed by atoms with Gasteiger partial charge in [-0.3, -0.25) is 9.69 Å². The van der Waals surface area contributed by atoms with Gasteiger partial charge in [-0.1, -0.05) is 49.7 Å². The van der Waals surface area contributed by atoms with Gasteiger partial charge in [-0.05, 0) is 61.2 Å². The van der Waals surface area contributed by atoms with Crippen LogP contribution in [0.5, 0.6) is 5.75 Å². The fourth-order valence-electron chi connectivity index (χ4n) is 5.01. The molecular weight excluding hydrogens is 348 g/mol. The lowest BCUT2D eigenvalue weighted by Gasteiger charge is -2.48. The summed E-state index contributed by atoms with van der Waals surface area (Å²) in [7, 11) is 0. The van der Waals surface area contributed by atoms with Gasteiger partial charge in [-0.2, -0.15) is 0 Å². The van der Waals surface area contributed by atoms with Crippen molar-refractivity contribution in [2.45, 2.75) is 51.1 Å². The summed E-state index contributed by atoms with van der Waals surface area (Å²) in [5.74, 6) is 0.406. The lowest BCUT2D eigenvalue weighted by molar-refractivity contribution is -0.133. The Balaban J connectivity index is 1.64. The smallest absolute Gasteiger partial charge is 0.227 e. The Bertz CT molecular complexity index is 833. The Morgan fingerprint density at radius 1 is 1.07 bits per heavy atom. The number of fused-ring (bicyclic) bond motifs is 1. The maximum atomic E-state index is 13.3. The van der Waals surface area contributed by atoms with Gasteiger partial charge < -0.3 is 10.0 Å². The Morgan fingerprint density at radius 2 is 1.82 bits per heavy atom. The Labute approximate surface area is 167 Å². The van der Waals surface area contributed by atoms with Crippen molar-refractivity contribution in [2.75, 3.05) is 19.6 Å². The second kappa shape index (κ2) is 7.96. The molecule has 1 atom stereocenters. The molecule has 2 heterocycles. The monoisotopic (exact) mass is 378 g/mol. The standard InChI is InChI=1S/C24H30N2O2/c1-2-26-14-6-5-13-24(26)16-20-7-3-4-8-21(20)17-25(18-24)23(28)15-19-9-11-22(27)12-10-19/h3-4,7-12,27H,2,5-6,13-18H2,1H3. The minimum Gasteiger partial charge on any atom is -0.508 e. The van der Waals surface area contributed by atoms with Gasteiger partial charge in [0.15, 0.2) is 0 Å². The summed E-state index contributed by atoms with van der Waals surface area (Å²) < 4.78 is 0. The van der Waals surface area contributed by atoms with Crippen LogP contribution in [0.4, 0.5) is 0 Å². The Kier molecular flexibility index (Phi) is 5.40. The lowest BCUT2D eigenvalue weighted by atomic mass is 9.81. The molecule has 0 aliphatic carbocycles. The molecule has 4 rings (SSSR count). The first-order valence-corrected chi connectivity index (χ1v) is 10.5. The van der Waals surface area contributed by atoms with Crippen LogP contribution in [-0.4, -0.2) is 46.0 Å². The minimum absolute atomic E-state index is 0.0459. The number of nitrogens with zero attached hydrogens (tertiary/aromatic N) is 2. The molecule has 1 fully saturated rings. The van der Waals surface area contributed by atoms with Crippen LogP contribution >= 0.6 is 0 Å². The highest BCUT2D eigenvalue weighted by Crippen LogP contribution is 2.36. The fourth-order valence-corrected chi connectivity index (χ4v) is 5.01. The highest BCUT2D eigenvalue weighted by Gasteiger charge is 2.42. The molecule has 4 nitrogen and oxygen atoms in total. The van der Waals surface area contributed by atoms with Crippen molar-refractivity contribution in [3.05, 3.63) is 65.2 Å². The zero-order chi connectivity index (χ0) is 19.6. The van der Waals surface area contributed by atoms with E-state index in [1.54, 1.807) is 12.1 Å². The van der Waals surface area contributed by atoms with Crippen LogP contribution in [0.2, 0.25) is 0 Å². The highest BCUT2D eigenvalue weighted by molar-refractivity contribution is 5.79. The van der Waals surface area contributed by atoms with E-state index in [-0.39, 0.29) is 17.2 Å². The van der Waals surface area contributed by atoms with Crippen molar-refractivity contribution < 1.29 is 9.90 Å². The fraction of sp³-hybridized carbons (Fsp3) is 0.458. The van der Waals surface area contributed by atoms with Crippen molar-refractivity contribution in [2.24, 2.45) is 0 Å². The summed E-state index contributed by atoms with van der Waals surface area (Å²) in [6.45, 7) is 5.88. The molecule has 28 heavy (non-hydrogen) atoms. The molecule has 148 valence electrons. The van der Waals surface area contributed by atoms with E-state index in [0.29, 0.717) is 13.0 Å². The van der Waals surface area contributed by atoms with Crippen LogP contribution in [0.15, 0.2) is 48.5 Å². The number of piperidine rings is 1. The summed E-state index contributed by atoms with van der Waals surface area (Å²) in [5.41, 5.74) is 3.66. The first kappa shape index (κ1) is 19.0. The van der Waals surface area contributed by atoms with Crippen LogP contribution in [0.1, 0.15) is 42.9 Å². The SMILES string of the molecule is CCN1CCCCC12Cc1ccccc1CN(C(=O)Cc1ccc(O)cc1)C2. The zero-order valence-corrected chi connectivity index (χ0v) is 16.7. The molecule has 1 N–H and O–H groups in total. The molecule has 1 saturated heterocycles. The number of likely N-dealkylation sites (N-methyl/N-ethyl adjacent to an activating group) is 1. The first-order valence-electron chi connectivity index (χ1n) is 10.5. The van der Waals surface area contributed by atoms with E-state index in [1.165, 1.54) is 24.0 Å².